The van der Waals surface area contributed by atoms with Crippen LogP contribution in [0.5, 0.6) is 0 Å². The molecule has 0 aromatic heterocycles. The van der Waals surface area contributed by atoms with Crippen molar-refractivity contribution >= 4 is 17.6 Å². The van der Waals surface area contributed by atoms with E-state index in [0.717, 1.165) is 24.1 Å². The summed E-state index contributed by atoms with van der Waals surface area (Å²) in [6.45, 7) is 3.74. The molecule has 1 unspecified atom stereocenters. The fourth-order valence-corrected chi connectivity index (χ4v) is 1.57. The molecule has 0 fully saturated rings. The lowest BCUT2D eigenvalue weighted by Crippen LogP contribution is -2.37. The molecule has 1 aromatic rings. The number of hydrogen-bond donors (Lipinski definition) is 2. The van der Waals surface area contributed by atoms with Gasteiger partial charge in [-0.25, -0.2) is 0 Å². The van der Waals surface area contributed by atoms with Crippen LogP contribution in [-0.4, -0.2) is 18.5 Å². The van der Waals surface area contributed by atoms with E-state index in [1.54, 1.807) is 0 Å². The van der Waals surface area contributed by atoms with Gasteiger partial charge in [0.2, 0.25) is 0 Å². The minimum atomic E-state index is 0.442. The Labute approximate surface area is 94.5 Å². The van der Waals surface area contributed by atoms with E-state index in [9.17, 15) is 0 Å². The summed E-state index contributed by atoms with van der Waals surface area (Å²) in [7, 11) is 0. The second kappa shape index (κ2) is 4.53. The number of benzene rings is 1. The van der Waals surface area contributed by atoms with Gasteiger partial charge in [0.25, 0.3) is 0 Å². The predicted octanol–water partition coefficient (Wildman–Crippen LogP) is 1.78. The second-order valence-electron chi connectivity index (χ2n) is 3.71. The number of nitrogens with one attached hydrogen (secondary N) is 2. The van der Waals surface area contributed by atoms with Crippen molar-refractivity contribution in [3.8, 4) is 0 Å². The maximum absolute atomic E-state index is 5.80. The topological polar surface area (TPSA) is 36.4 Å². The highest BCUT2D eigenvalue weighted by Crippen LogP contribution is 2.09. The lowest BCUT2D eigenvalue weighted by Gasteiger charge is -2.08. The maximum atomic E-state index is 5.80. The van der Waals surface area contributed by atoms with E-state index in [4.69, 9.17) is 11.6 Å². The van der Waals surface area contributed by atoms with Gasteiger partial charge in [-0.05, 0) is 24.6 Å². The smallest absolute Gasteiger partial charge is 0.191 e. The van der Waals surface area contributed by atoms with Crippen molar-refractivity contribution in [2.45, 2.75) is 19.5 Å². The standard InChI is InChI=1S/C11H14ClN3/c1-8-6-13-11(15-8)14-7-9-2-4-10(12)5-3-9/h2-5,8H,6-7H2,1H3,(H2,13,14,15). The molecular formula is C11H14ClN3. The third-order valence-corrected chi connectivity index (χ3v) is 2.53. The van der Waals surface area contributed by atoms with Crippen LogP contribution in [0.1, 0.15) is 12.5 Å². The van der Waals surface area contributed by atoms with Crippen LogP contribution in [0, 0.1) is 0 Å². The molecule has 1 heterocycles. The van der Waals surface area contributed by atoms with Gasteiger partial charge >= 0.3 is 0 Å². The first-order chi connectivity index (χ1) is 7.24. The first-order valence-electron chi connectivity index (χ1n) is 5.03. The minimum Gasteiger partial charge on any atom is -0.352 e. The number of rotatable bonds is 2. The molecule has 80 valence electrons. The first-order valence-corrected chi connectivity index (χ1v) is 5.41. The molecular weight excluding hydrogens is 210 g/mol. The average Bonchev–Trinajstić information content (AvgIpc) is 2.64. The second-order valence-corrected chi connectivity index (χ2v) is 4.15. The minimum absolute atomic E-state index is 0.442. The lowest BCUT2D eigenvalue weighted by atomic mass is 10.2. The summed E-state index contributed by atoms with van der Waals surface area (Å²) < 4.78 is 0. The van der Waals surface area contributed by atoms with Gasteiger partial charge in [-0.1, -0.05) is 23.7 Å². The molecule has 1 aliphatic rings. The molecule has 0 bridgehead atoms. The van der Waals surface area contributed by atoms with E-state index in [1.807, 2.05) is 24.3 Å². The van der Waals surface area contributed by atoms with Crippen LogP contribution >= 0.6 is 11.6 Å². The average molecular weight is 224 g/mol. The Balaban J connectivity index is 1.86. The highest BCUT2D eigenvalue weighted by Gasteiger charge is 2.11. The number of guanidine groups is 1. The van der Waals surface area contributed by atoms with Crippen LogP contribution in [0.2, 0.25) is 5.02 Å². The van der Waals surface area contributed by atoms with Gasteiger partial charge in [0, 0.05) is 17.6 Å². The Morgan fingerprint density at radius 1 is 1.47 bits per heavy atom. The van der Waals surface area contributed by atoms with Crippen LogP contribution in [0.25, 0.3) is 0 Å². The monoisotopic (exact) mass is 223 g/mol. The molecule has 0 spiro atoms. The van der Waals surface area contributed by atoms with Gasteiger partial charge in [-0.2, -0.15) is 0 Å². The van der Waals surface area contributed by atoms with Crippen molar-refractivity contribution in [3.05, 3.63) is 34.9 Å². The molecule has 0 radical (unpaired) electrons. The van der Waals surface area contributed by atoms with Crippen LogP contribution in [0.3, 0.4) is 0 Å². The summed E-state index contributed by atoms with van der Waals surface area (Å²) in [5.41, 5.74) is 1.20. The summed E-state index contributed by atoms with van der Waals surface area (Å²) in [6, 6.07) is 8.25. The molecule has 0 saturated carbocycles. The fourth-order valence-electron chi connectivity index (χ4n) is 1.45. The molecule has 2 rings (SSSR count). The van der Waals surface area contributed by atoms with Crippen molar-refractivity contribution in [3.63, 3.8) is 0 Å². The van der Waals surface area contributed by atoms with Crippen LogP contribution in [0.4, 0.5) is 0 Å². The molecule has 1 aromatic carbocycles. The van der Waals surface area contributed by atoms with Gasteiger partial charge in [0.1, 0.15) is 0 Å². The molecule has 0 saturated heterocycles. The first kappa shape index (κ1) is 10.3. The molecule has 3 nitrogen and oxygen atoms in total. The van der Waals surface area contributed by atoms with Crippen molar-refractivity contribution in [2.24, 2.45) is 4.99 Å². The lowest BCUT2D eigenvalue weighted by molar-refractivity contribution is 0.713. The summed E-state index contributed by atoms with van der Waals surface area (Å²) in [6.07, 6.45) is 0. The third kappa shape index (κ3) is 2.86. The number of halogens is 1. The Morgan fingerprint density at radius 2 is 2.20 bits per heavy atom. The zero-order chi connectivity index (χ0) is 10.7. The van der Waals surface area contributed by atoms with Crippen molar-refractivity contribution in [1.82, 2.24) is 10.6 Å². The Hall–Kier alpha value is -1.22. The SMILES string of the molecule is CC1CN=C(NCc2ccc(Cl)cc2)N1. The van der Waals surface area contributed by atoms with E-state index in [1.165, 1.54) is 5.56 Å². The van der Waals surface area contributed by atoms with Crippen molar-refractivity contribution in [2.75, 3.05) is 6.54 Å². The summed E-state index contributed by atoms with van der Waals surface area (Å²) in [5.74, 6) is 0.887. The fraction of sp³-hybridized carbons (Fsp3) is 0.364. The van der Waals surface area contributed by atoms with Gasteiger partial charge < -0.3 is 10.6 Å². The van der Waals surface area contributed by atoms with Gasteiger partial charge in [-0.15, -0.1) is 0 Å². The van der Waals surface area contributed by atoms with Crippen LogP contribution < -0.4 is 10.6 Å². The molecule has 4 heteroatoms. The molecule has 2 N–H and O–H groups in total. The largest absolute Gasteiger partial charge is 0.352 e. The third-order valence-electron chi connectivity index (χ3n) is 2.28. The maximum Gasteiger partial charge on any atom is 0.191 e. The normalized spacial score (nSPS) is 19.6. The zero-order valence-corrected chi connectivity index (χ0v) is 9.38. The van der Waals surface area contributed by atoms with Crippen molar-refractivity contribution in [1.29, 1.82) is 0 Å². The van der Waals surface area contributed by atoms with E-state index < -0.39 is 0 Å². The molecule has 0 aliphatic carbocycles. The Kier molecular flexibility index (Phi) is 3.11. The van der Waals surface area contributed by atoms with E-state index in [0.29, 0.717) is 6.04 Å². The van der Waals surface area contributed by atoms with E-state index in [2.05, 4.69) is 22.5 Å². The summed E-state index contributed by atoms with van der Waals surface area (Å²) >= 11 is 5.80. The van der Waals surface area contributed by atoms with E-state index in [-0.39, 0.29) is 0 Å². The molecule has 1 aliphatic heterocycles. The molecule has 15 heavy (non-hydrogen) atoms. The Morgan fingerprint density at radius 3 is 2.80 bits per heavy atom. The molecule has 0 amide bonds. The quantitative estimate of drug-likeness (QED) is 0.802. The van der Waals surface area contributed by atoms with Gasteiger partial charge in [0.15, 0.2) is 5.96 Å². The van der Waals surface area contributed by atoms with Crippen LogP contribution in [-0.2, 0) is 6.54 Å². The predicted molar refractivity (Wildman–Crippen MR) is 63.2 cm³/mol. The number of nitrogens with zero attached hydrogens (tertiary/aromatic N) is 1. The highest BCUT2D eigenvalue weighted by molar-refractivity contribution is 6.30. The number of aliphatic imine (C=N–C) groups is 1. The number of hydrogen-bond acceptors (Lipinski definition) is 3. The van der Waals surface area contributed by atoms with Crippen LogP contribution in [0.15, 0.2) is 29.3 Å². The van der Waals surface area contributed by atoms with Crippen molar-refractivity contribution < 1.29 is 0 Å². The van der Waals surface area contributed by atoms with Gasteiger partial charge in [-0.3, -0.25) is 4.99 Å². The highest BCUT2D eigenvalue weighted by atomic mass is 35.5. The Bertz CT molecular complexity index is 359. The van der Waals surface area contributed by atoms with Gasteiger partial charge in [0.05, 0.1) is 6.54 Å². The summed E-state index contributed by atoms with van der Waals surface area (Å²) in [4.78, 5) is 4.32. The van der Waals surface area contributed by atoms with E-state index >= 15 is 0 Å². The summed E-state index contributed by atoms with van der Waals surface area (Å²) in [5, 5.41) is 7.26. The zero-order valence-electron chi connectivity index (χ0n) is 8.63. The molecule has 1 atom stereocenters.